The van der Waals surface area contributed by atoms with Gasteiger partial charge in [-0.05, 0) is 12.8 Å². The monoisotopic (exact) mass is 236 g/mol. The lowest BCUT2D eigenvalue weighted by Crippen LogP contribution is -2.44. The van der Waals surface area contributed by atoms with Crippen LogP contribution in [0.1, 0.15) is 32.1 Å². The minimum Gasteiger partial charge on any atom is -0.396 e. The first kappa shape index (κ1) is 12.9. The van der Waals surface area contributed by atoms with E-state index in [9.17, 15) is 13.5 Å². The van der Waals surface area contributed by atoms with Gasteiger partial charge in [-0.3, -0.25) is 0 Å². The van der Waals surface area contributed by atoms with Crippen LogP contribution in [0.4, 0.5) is 0 Å². The van der Waals surface area contributed by atoms with Gasteiger partial charge in [-0.25, -0.2) is 9.44 Å². The largest absolute Gasteiger partial charge is 0.396 e. The van der Waals surface area contributed by atoms with E-state index in [1.165, 1.54) is 13.5 Å². The second kappa shape index (κ2) is 5.25. The van der Waals surface area contributed by atoms with E-state index >= 15 is 0 Å². The number of nitrogens with one attached hydrogen (secondary N) is 2. The average molecular weight is 236 g/mol. The molecule has 0 aliphatic heterocycles. The molecular weight excluding hydrogens is 216 g/mol. The fourth-order valence-corrected chi connectivity index (χ4v) is 2.65. The van der Waals surface area contributed by atoms with Crippen molar-refractivity contribution in [2.24, 2.45) is 5.41 Å². The molecule has 3 N–H and O–H groups in total. The molecule has 0 aromatic rings. The average Bonchev–Trinajstić information content (AvgIpc) is 2.28. The predicted octanol–water partition coefficient (Wildman–Crippen LogP) is -0.0170. The summed E-state index contributed by atoms with van der Waals surface area (Å²) in [4.78, 5) is 0. The van der Waals surface area contributed by atoms with Crippen molar-refractivity contribution in [1.82, 2.24) is 9.44 Å². The lowest BCUT2D eigenvalue weighted by atomic mass is 9.75. The van der Waals surface area contributed by atoms with Crippen LogP contribution in [-0.4, -0.2) is 33.7 Å². The topological polar surface area (TPSA) is 78.4 Å². The third-order valence-electron chi connectivity index (χ3n) is 3.16. The summed E-state index contributed by atoms with van der Waals surface area (Å²) in [5, 5.41) is 9.36. The van der Waals surface area contributed by atoms with Gasteiger partial charge in [0.25, 0.3) is 10.2 Å². The van der Waals surface area contributed by atoms with E-state index in [1.807, 2.05) is 0 Å². The predicted molar refractivity (Wildman–Crippen MR) is 58.6 cm³/mol. The molecule has 0 atom stereocenters. The van der Waals surface area contributed by atoms with Crippen LogP contribution in [0.5, 0.6) is 0 Å². The lowest BCUT2D eigenvalue weighted by Gasteiger charge is -2.35. The molecule has 0 aromatic carbocycles. The van der Waals surface area contributed by atoms with Gasteiger partial charge in [-0.1, -0.05) is 19.3 Å². The normalized spacial score (nSPS) is 21.5. The van der Waals surface area contributed by atoms with Gasteiger partial charge in [0.15, 0.2) is 0 Å². The maximum atomic E-state index is 11.2. The summed E-state index contributed by atoms with van der Waals surface area (Å²) >= 11 is 0. The number of aliphatic hydroxyl groups excluding tert-OH is 1. The van der Waals surface area contributed by atoms with Crippen molar-refractivity contribution in [2.45, 2.75) is 32.1 Å². The van der Waals surface area contributed by atoms with Gasteiger partial charge < -0.3 is 5.11 Å². The molecular formula is C9H20N2O3S. The molecule has 15 heavy (non-hydrogen) atoms. The molecule has 1 rings (SSSR count). The van der Waals surface area contributed by atoms with E-state index < -0.39 is 10.2 Å². The van der Waals surface area contributed by atoms with Crippen LogP contribution < -0.4 is 9.44 Å². The Morgan fingerprint density at radius 1 is 1.27 bits per heavy atom. The highest BCUT2D eigenvalue weighted by Gasteiger charge is 2.32. The highest BCUT2D eigenvalue weighted by Crippen LogP contribution is 2.35. The quantitative estimate of drug-likeness (QED) is 0.628. The third kappa shape index (κ3) is 3.71. The van der Waals surface area contributed by atoms with Crippen LogP contribution in [0.15, 0.2) is 0 Å². The highest BCUT2D eigenvalue weighted by molar-refractivity contribution is 7.87. The lowest BCUT2D eigenvalue weighted by molar-refractivity contribution is 0.0867. The number of rotatable bonds is 5. The molecule has 1 aliphatic rings. The van der Waals surface area contributed by atoms with Crippen LogP contribution in [0.2, 0.25) is 0 Å². The first-order valence-electron chi connectivity index (χ1n) is 5.33. The molecule has 6 heteroatoms. The summed E-state index contributed by atoms with van der Waals surface area (Å²) in [5.41, 5.74) is -0.248. The van der Waals surface area contributed by atoms with Crippen LogP contribution in [0.25, 0.3) is 0 Å². The summed E-state index contributed by atoms with van der Waals surface area (Å²) in [6.07, 6.45) is 5.12. The molecule has 1 aliphatic carbocycles. The molecule has 0 aromatic heterocycles. The zero-order chi connectivity index (χ0) is 11.4. The minimum atomic E-state index is -3.38. The Bertz CT molecular complexity index is 284. The Hall–Kier alpha value is -0.170. The van der Waals surface area contributed by atoms with Gasteiger partial charge in [-0.2, -0.15) is 8.42 Å². The van der Waals surface area contributed by atoms with E-state index in [-0.39, 0.29) is 12.0 Å². The van der Waals surface area contributed by atoms with E-state index in [0.29, 0.717) is 6.54 Å². The second-order valence-corrected chi connectivity index (χ2v) is 5.95. The summed E-state index contributed by atoms with van der Waals surface area (Å²) in [5.74, 6) is 0. The van der Waals surface area contributed by atoms with E-state index in [4.69, 9.17) is 0 Å². The fraction of sp³-hybridized carbons (Fsp3) is 1.00. The van der Waals surface area contributed by atoms with Crippen molar-refractivity contribution in [3.63, 3.8) is 0 Å². The van der Waals surface area contributed by atoms with E-state index in [2.05, 4.69) is 9.44 Å². The smallest absolute Gasteiger partial charge is 0.276 e. The van der Waals surface area contributed by atoms with Crippen molar-refractivity contribution >= 4 is 10.2 Å². The summed E-state index contributed by atoms with van der Waals surface area (Å²) in [7, 11) is -2.01. The molecule has 0 bridgehead atoms. The van der Waals surface area contributed by atoms with Gasteiger partial charge in [0, 0.05) is 25.6 Å². The highest BCUT2D eigenvalue weighted by atomic mass is 32.2. The first-order chi connectivity index (χ1) is 7.04. The Morgan fingerprint density at radius 3 is 2.33 bits per heavy atom. The second-order valence-electron chi connectivity index (χ2n) is 4.25. The standard InChI is InChI=1S/C9H20N2O3S/c1-10-15(13,14)11-7-9(8-12)5-3-2-4-6-9/h10-12H,2-8H2,1H3. The molecule has 5 nitrogen and oxygen atoms in total. The van der Waals surface area contributed by atoms with Crippen LogP contribution >= 0.6 is 0 Å². The van der Waals surface area contributed by atoms with Crippen molar-refractivity contribution < 1.29 is 13.5 Å². The zero-order valence-electron chi connectivity index (χ0n) is 9.12. The molecule has 90 valence electrons. The maximum Gasteiger partial charge on any atom is 0.276 e. The molecule has 0 spiro atoms. The Labute approximate surface area is 91.4 Å². The molecule has 0 amide bonds. The van der Waals surface area contributed by atoms with Gasteiger partial charge in [-0.15, -0.1) is 0 Å². The molecule has 0 unspecified atom stereocenters. The molecule has 1 fully saturated rings. The van der Waals surface area contributed by atoms with Gasteiger partial charge >= 0.3 is 0 Å². The minimum absolute atomic E-state index is 0.0548. The van der Waals surface area contributed by atoms with Gasteiger partial charge in [0.2, 0.25) is 0 Å². The van der Waals surface area contributed by atoms with Crippen molar-refractivity contribution in [1.29, 1.82) is 0 Å². The van der Waals surface area contributed by atoms with Crippen LogP contribution in [0.3, 0.4) is 0 Å². The SMILES string of the molecule is CNS(=O)(=O)NCC1(CO)CCCCC1. The van der Waals surface area contributed by atoms with E-state index in [1.54, 1.807) is 0 Å². The number of aliphatic hydroxyl groups is 1. The van der Waals surface area contributed by atoms with Gasteiger partial charge in [0.1, 0.15) is 0 Å². The maximum absolute atomic E-state index is 11.2. The van der Waals surface area contributed by atoms with Crippen molar-refractivity contribution in [2.75, 3.05) is 20.2 Å². The summed E-state index contributed by atoms with van der Waals surface area (Å²) < 4.78 is 27.1. The number of hydrogen-bond acceptors (Lipinski definition) is 3. The Morgan fingerprint density at radius 2 is 1.87 bits per heavy atom. The molecule has 1 saturated carbocycles. The van der Waals surface area contributed by atoms with Gasteiger partial charge in [0.05, 0.1) is 0 Å². The van der Waals surface area contributed by atoms with Crippen molar-refractivity contribution in [3.05, 3.63) is 0 Å². The Kier molecular flexibility index (Phi) is 4.51. The summed E-state index contributed by atoms with van der Waals surface area (Å²) in [6, 6.07) is 0. The molecule has 0 radical (unpaired) electrons. The molecule has 0 heterocycles. The van der Waals surface area contributed by atoms with Crippen LogP contribution in [0, 0.1) is 5.41 Å². The van der Waals surface area contributed by atoms with Crippen molar-refractivity contribution in [3.8, 4) is 0 Å². The third-order valence-corrected chi connectivity index (χ3v) is 4.22. The zero-order valence-corrected chi connectivity index (χ0v) is 9.94. The van der Waals surface area contributed by atoms with Crippen LogP contribution in [-0.2, 0) is 10.2 Å². The number of hydrogen-bond donors (Lipinski definition) is 3. The Balaban J connectivity index is 2.53. The summed E-state index contributed by atoms with van der Waals surface area (Å²) in [6.45, 7) is 0.381. The van der Waals surface area contributed by atoms with E-state index in [0.717, 1.165) is 25.7 Å². The fourth-order valence-electron chi connectivity index (χ4n) is 2.01. The molecule has 0 saturated heterocycles. The first-order valence-corrected chi connectivity index (χ1v) is 6.81.